The first-order valence-corrected chi connectivity index (χ1v) is 33.6. The summed E-state index contributed by atoms with van der Waals surface area (Å²) in [6.45, 7) is 11.5. The second-order valence-corrected chi connectivity index (χ2v) is 25.1. The van der Waals surface area contributed by atoms with Gasteiger partial charge in [-0.15, -0.1) is 0 Å². The summed E-state index contributed by atoms with van der Waals surface area (Å²) in [5.74, 6) is -3.63. The van der Waals surface area contributed by atoms with Gasteiger partial charge in [-0.1, -0.05) is 50.5 Å². The van der Waals surface area contributed by atoms with Crippen molar-refractivity contribution in [3.8, 4) is 23.0 Å². The number of nitrogens with zero attached hydrogens (tertiary/aromatic N) is 4. The van der Waals surface area contributed by atoms with Gasteiger partial charge in [0, 0.05) is 136 Å². The maximum absolute atomic E-state index is 14.9. The lowest BCUT2D eigenvalue weighted by Crippen LogP contribution is -2.50. The Balaban J connectivity index is 1.39. The molecule has 0 saturated heterocycles. The van der Waals surface area contributed by atoms with E-state index in [1.54, 1.807) is 93.6 Å². The number of methoxy groups -OCH3 is 4. The Kier molecular flexibility index (Phi) is 29.5. The molecule has 12 bridgehead atoms. The highest BCUT2D eigenvalue weighted by Gasteiger charge is 2.29. The third-order valence-electron chi connectivity index (χ3n) is 17.0. The number of rotatable bonds is 13. The molecular weight excluding hydrogens is 1250 g/mol. The molecule has 6 unspecified atom stereocenters. The van der Waals surface area contributed by atoms with Gasteiger partial charge in [0.05, 0.1) is 72.9 Å². The van der Waals surface area contributed by atoms with Crippen LogP contribution in [0.15, 0.2) is 72.8 Å². The summed E-state index contributed by atoms with van der Waals surface area (Å²) in [7, 11) is 5.59. The van der Waals surface area contributed by atoms with Crippen molar-refractivity contribution in [1.82, 2.24) is 67.5 Å². The van der Waals surface area contributed by atoms with Gasteiger partial charge >= 0.3 is 6.09 Å². The van der Waals surface area contributed by atoms with Gasteiger partial charge in [-0.2, -0.15) is 0 Å². The number of para-hydroxylation sites is 4. The molecule has 528 valence electrons. The molecule has 9 amide bonds. The summed E-state index contributed by atoms with van der Waals surface area (Å²) in [5.41, 5.74) is 0.338. The number of ether oxygens (including phenoxy) is 5. The molecule has 4 aromatic rings. The highest BCUT2D eigenvalue weighted by Crippen LogP contribution is 2.28. The van der Waals surface area contributed by atoms with E-state index >= 15 is 0 Å². The van der Waals surface area contributed by atoms with Crippen molar-refractivity contribution in [1.29, 1.82) is 0 Å². The number of carbonyl (C=O) groups excluding carboxylic acids is 9. The lowest BCUT2D eigenvalue weighted by atomic mass is 10.0. The largest absolute Gasteiger partial charge is 0.495 e. The molecule has 0 aromatic heterocycles. The summed E-state index contributed by atoms with van der Waals surface area (Å²) in [4.78, 5) is 137. The molecule has 8 rings (SSSR count). The Morgan fingerprint density at radius 3 is 0.948 bits per heavy atom. The Labute approximate surface area is 568 Å². The van der Waals surface area contributed by atoms with Crippen LogP contribution in [0.1, 0.15) is 156 Å². The van der Waals surface area contributed by atoms with E-state index in [9.17, 15) is 43.2 Å². The topological polar surface area (TPSA) is 321 Å². The molecule has 0 aliphatic carbocycles. The Hall–Kier alpha value is -9.05. The minimum absolute atomic E-state index is 0.0545. The van der Waals surface area contributed by atoms with E-state index in [1.165, 1.54) is 28.4 Å². The van der Waals surface area contributed by atoms with Gasteiger partial charge in [-0.3, -0.25) is 58.0 Å². The van der Waals surface area contributed by atoms with Crippen LogP contribution < -0.4 is 66.8 Å². The number of unbranched alkanes of at least 4 members (excludes halogenated alkanes) is 3. The molecule has 4 aliphatic heterocycles. The summed E-state index contributed by atoms with van der Waals surface area (Å²) >= 11 is 0. The first kappa shape index (κ1) is 75.3. The number of alkyl carbamates (subject to hydrolysis) is 1. The Bertz CT molecular complexity index is 3360. The summed E-state index contributed by atoms with van der Waals surface area (Å²) in [6.07, 6.45) is 3.93. The fraction of sp³-hybridized carbons (Fsp3) is 0.529. The summed E-state index contributed by atoms with van der Waals surface area (Å²) in [5, 5.41) is 27.5. The van der Waals surface area contributed by atoms with Gasteiger partial charge in [0.1, 0.15) is 28.6 Å². The molecule has 27 heteroatoms. The van der Waals surface area contributed by atoms with Crippen LogP contribution in [-0.2, 0) is 4.74 Å². The van der Waals surface area contributed by atoms with Crippen LogP contribution in [0, 0.1) is 0 Å². The molecule has 27 nitrogen and oxygen atoms in total. The van der Waals surface area contributed by atoms with Crippen molar-refractivity contribution < 1.29 is 66.8 Å². The zero-order chi connectivity index (χ0) is 69.9. The Morgan fingerprint density at radius 1 is 0.402 bits per heavy atom. The lowest BCUT2D eigenvalue weighted by molar-refractivity contribution is 0.0525. The van der Waals surface area contributed by atoms with Crippen LogP contribution >= 0.6 is 0 Å². The number of hydrogen-bond acceptors (Lipinski definition) is 18. The number of hydrogen-bond donors (Lipinski definition) is 9. The van der Waals surface area contributed by atoms with E-state index in [0.29, 0.717) is 45.3 Å². The third-order valence-corrected chi connectivity index (χ3v) is 17.0. The van der Waals surface area contributed by atoms with Crippen molar-refractivity contribution in [2.24, 2.45) is 0 Å². The fourth-order valence-corrected chi connectivity index (χ4v) is 12.0. The quantitative estimate of drug-likeness (QED) is 0.0857. The average Bonchev–Trinajstić information content (AvgIpc) is 0.850. The lowest BCUT2D eigenvalue weighted by Gasteiger charge is -2.33. The highest BCUT2D eigenvalue weighted by atomic mass is 16.6. The first-order chi connectivity index (χ1) is 46.7. The van der Waals surface area contributed by atoms with E-state index in [0.717, 1.165) is 19.3 Å². The van der Waals surface area contributed by atoms with Gasteiger partial charge in [-0.25, -0.2) is 4.79 Å². The van der Waals surface area contributed by atoms with Gasteiger partial charge in [0.15, 0.2) is 0 Å². The van der Waals surface area contributed by atoms with Crippen LogP contribution in [-0.4, -0.2) is 243 Å². The van der Waals surface area contributed by atoms with Crippen molar-refractivity contribution >= 4 is 53.4 Å². The fourth-order valence-electron chi connectivity index (χ4n) is 12.0. The molecule has 97 heavy (non-hydrogen) atoms. The predicted molar refractivity (Wildman–Crippen MR) is 366 cm³/mol. The average molecular weight is 1350 g/mol. The second-order valence-electron chi connectivity index (χ2n) is 25.1. The molecule has 0 saturated carbocycles. The zero-order valence-electron chi connectivity index (χ0n) is 57.5. The van der Waals surface area contributed by atoms with Gasteiger partial charge in [-0.05, 0) is 95.0 Å². The van der Waals surface area contributed by atoms with E-state index in [1.807, 2.05) is 9.80 Å². The first-order valence-electron chi connectivity index (χ1n) is 33.6. The van der Waals surface area contributed by atoms with Crippen LogP contribution in [0.4, 0.5) is 4.79 Å². The van der Waals surface area contributed by atoms with Gasteiger partial charge in [0.2, 0.25) is 0 Å². The van der Waals surface area contributed by atoms with E-state index in [2.05, 4.69) is 64.6 Å². The Morgan fingerprint density at radius 2 is 0.670 bits per heavy atom. The zero-order valence-corrected chi connectivity index (χ0v) is 57.5. The molecule has 4 aliphatic rings. The SMILES string of the molecule is CCCCCC1CN2CCNC(=O)c3cccc(c3OC)C(=O)NCCN(CCNC(=O)c3cccc(c3OC)C(=O)N1)CCN1CCNC(=O)c3cccc(c3OC)C(=O)NCCN(CC2)CC(CCCCNC(=O)OC(C)(C)C)NC(=O)c2cccc(c2OC)C(=O)NCC1. The smallest absolute Gasteiger partial charge is 0.407 e. The standard InChI is InChI=1S/C70H99N13O14/c1-9-10-11-18-47-45-82-39-33-75-63(86)51-22-14-20-49(57(51)93-5)61(84)71-29-35-80(37-31-73-65(88)53-24-16-26-55(59(53)95-7)67(90)78-47)41-42-81-36-30-72-62(85)50-21-15-23-52(58(50)94-6)64(87)76-34-40-83(44-43-82)46-48(19-12-13-28-77-69(92)97-70(2,3)4)79-68(91)56-27-17-25-54(60(56)96-8)66(89)74-32-38-81/h14-17,20-27,47-48H,9-13,18-19,28-46H2,1-8H3,(H,71,84)(H,72,85)(H,73,88)(H,74,89)(H,75,86)(H,76,87)(H,77,92)(H,78,90)(H,79,91). The number of carbonyl (C=O) groups is 9. The van der Waals surface area contributed by atoms with Crippen LogP contribution in [0.5, 0.6) is 23.0 Å². The molecular formula is C70H99N13O14. The van der Waals surface area contributed by atoms with Crippen LogP contribution in [0.25, 0.3) is 0 Å². The van der Waals surface area contributed by atoms with Crippen molar-refractivity contribution in [3.63, 3.8) is 0 Å². The molecule has 4 aromatic carbocycles. The van der Waals surface area contributed by atoms with E-state index in [4.69, 9.17) is 23.7 Å². The number of amides is 9. The van der Waals surface area contributed by atoms with Crippen LogP contribution in [0.2, 0.25) is 0 Å². The summed E-state index contributed by atoms with van der Waals surface area (Å²) in [6, 6.07) is 18.1. The second kappa shape index (κ2) is 38.0. The van der Waals surface area contributed by atoms with E-state index in [-0.39, 0.29) is 172 Å². The molecule has 0 fully saturated rings. The predicted octanol–water partition coefficient (Wildman–Crippen LogP) is 3.92. The molecule has 9 N–H and O–H groups in total. The number of nitrogens with one attached hydrogen (secondary N) is 9. The normalized spacial score (nSPS) is 21.2. The molecule has 6 atom stereocenters. The monoisotopic (exact) mass is 1350 g/mol. The minimum atomic E-state index is -0.712. The van der Waals surface area contributed by atoms with E-state index < -0.39 is 71.0 Å². The summed E-state index contributed by atoms with van der Waals surface area (Å²) < 4.78 is 28.9. The molecule has 0 spiro atoms. The molecule has 4 heterocycles. The number of fused-ring (bicyclic) bond motifs is 16. The van der Waals surface area contributed by atoms with Gasteiger partial charge < -0.3 is 71.5 Å². The highest BCUT2D eigenvalue weighted by molar-refractivity contribution is 6.07. The maximum Gasteiger partial charge on any atom is 0.407 e. The van der Waals surface area contributed by atoms with Gasteiger partial charge in [0.25, 0.3) is 47.3 Å². The van der Waals surface area contributed by atoms with Crippen molar-refractivity contribution in [2.45, 2.75) is 90.3 Å². The minimum Gasteiger partial charge on any atom is -0.495 e. The number of benzene rings is 4. The van der Waals surface area contributed by atoms with Crippen molar-refractivity contribution in [2.75, 3.05) is 153 Å². The maximum atomic E-state index is 14.9. The van der Waals surface area contributed by atoms with Crippen molar-refractivity contribution in [3.05, 3.63) is 117 Å². The molecule has 0 radical (unpaired) electrons. The van der Waals surface area contributed by atoms with Crippen LogP contribution in [0.3, 0.4) is 0 Å². The third kappa shape index (κ3) is 22.5.